The van der Waals surface area contributed by atoms with Crippen molar-refractivity contribution in [3.63, 3.8) is 0 Å². The quantitative estimate of drug-likeness (QED) is 0.916. The number of carbonyl (C=O) groups excluding carboxylic acids is 1. The number of pyridine rings is 1. The number of nitrogens with one attached hydrogen (secondary N) is 1. The van der Waals surface area contributed by atoms with Gasteiger partial charge in [0, 0.05) is 24.3 Å². The van der Waals surface area contributed by atoms with E-state index in [0.29, 0.717) is 30.3 Å². The molecule has 1 aromatic heterocycles. The van der Waals surface area contributed by atoms with Crippen molar-refractivity contribution in [1.29, 1.82) is 0 Å². The minimum Gasteiger partial charge on any atom is -0.492 e. The highest BCUT2D eigenvalue weighted by molar-refractivity contribution is 6.06. The van der Waals surface area contributed by atoms with Gasteiger partial charge in [-0.25, -0.2) is 4.98 Å². The van der Waals surface area contributed by atoms with Crippen molar-refractivity contribution < 1.29 is 14.3 Å². The molecule has 0 fully saturated rings. The van der Waals surface area contributed by atoms with Crippen LogP contribution in [0, 0.1) is 0 Å². The Bertz CT molecular complexity index is 756. The summed E-state index contributed by atoms with van der Waals surface area (Å²) in [5.41, 5.74) is 2.60. The van der Waals surface area contributed by atoms with Crippen molar-refractivity contribution in [2.24, 2.45) is 0 Å². The first-order valence-corrected chi connectivity index (χ1v) is 8.03. The van der Waals surface area contributed by atoms with Gasteiger partial charge >= 0.3 is 0 Å². The maximum atomic E-state index is 12.7. The summed E-state index contributed by atoms with van der Waals surface area (Å²) in [4.78, 5) is 16.9. The van der Waals surface area contributed by atoms with Gasteiger partial charge in [0.2, 0.25) is 0 Å². The number of ether oxygens (including phenoxy) is 2. The lowest BCUT2D eigenvalue weighted by Crippen LogP contribution is -2.18. The lowest BCUT2D eigenvalue weighted by atomic mass is 9.86. The molecule has 1 aliphatic rings. The van der Waals surface area contributed by atoms with Crippen molar-refractivity contribution >= 4 is 11.7 Å². The average Bonchev–Trinajstić information content (AvgIpc) is 2.89. The lowest BCUT2D eigenvalue weighted by molar-refractivity contribution is 0.102. The molecular weight excluding hydrogens is 304 g/mol. The fourth-order valence-electron chi connectivity index (χ4n) is 2.84. The molecule has 126 valence electrons. The van der Waals surface area contributed by atoms with Crippen LogP contribution in [0.25, 0.3) is 0 Å². The number of rotatable bonds is 5. The zero-order valence-electron chi connectivity index (χ0n) is 14.3. The van der Waals surface area contributed by atoms with Gasteiger partial charge in [-0.15, -0.1) is 0 Å². The van der Waals surface area contributed by atoms with Crippen LogP contribution in [0.15, 0.2) is 36.5 Å². The zero-order valence-corrected chi connectivity index (χ0v) is 14.3. The smallest absolute Gasteiger partial charge is 0.260 e. The first-order valence-electron chi connectivity index (χ1n) is 8.03. The molecule has 1 amide bonds. The predicted octanol–water partition coefficient (Wildman–Crippen LogP) is 3.19. The fourth-order valence-corrected chi connectivity index (χ4v) is 2.84. The molecule has 3 rings (SSSR count). The maximum absolute atomic E-state index is 12.7. The van der Waals surface area contributed by atoms with Crippen LogP contribution >= 0.6 is 0 Å². The molecule has 1 aliphatic heterocycles. The summed E-state index contributed by atoms with van der Waals surface area (Å²) in [6.45, 7) is 5.44. The van der Waals surface area contributed by atoms with Crippen LogP contribution < -0.4 is 10.1 Å². The third-order valence-corrected chi connectivity index (χ3v) is 4.23. The number of aromatic nitrogens is 1. The van der Waals surface area contributed by atoms with E-state index < -0.39 is 0 Å². The SMILES string of the molecule is COCCc1ccnc(NC(=O)c2cccc3c2OCC3(C)C)c1. The summed E-state index contributed by atoms with van der Waals surface area (Å²) in [6.07, 6.45) is 2.47. The first kappa shape index (κ1) is 16.5. The first-order chi connectivity index (χ1) is 11.5. The largest absolute Gasteiger partial charge is 0.492 e. The minimum atomic E-state index is -0.207. The van der Waals surface area contributed by atoms with Crippen molar-refractivity contribution in [3.05, 3.63) is 53.2 Å². The summed E-state index contributed by atoms with van der Waals surface area (Å²) in [5.74, 6) is 1.000. The van der Waals surface area contributed by atoms with Gasteiger partial charge in [-0.2, -0.15) is 0 Å². The number of para-hydroxylation sites is 1. The van der Waals surface area contributed by atoms with E-state index in [0.717, 1.165) is 17.5 Å². The number of carbonyl (C=O) groups is 1. The molecule has 2 aromatic rings. The topological polar surface area (TPSA) is 60.5 Å². The fraction of sp³-hybridized carbons (Fsp3) is 0.368. The number of nitrogens with zero attached hydrogens (tertiary/aromatic N) is 1. The highest BCUT2D eigenvalue weighted by Crippen LogP contribution is 2.40. The molecular formula is C19H22N2O3. The highest BCUT2D eigenvalue weighted by atomic mass is 16.5. The van der Waals surface area contributed by atoms with Gasteiger partial charge in [0.25, 0.3) is 5.91 Å². The Labute approximate surface area is 142 Å². The van der Waals surface area contributed by atoms with E-state index in [2.05, 4.69) is 24.1 Å². The number of fused-ring (bicyclic) bond motifs is 1. The van der Waals surface area contributed by atoms with E-state index in [1.807, 2.05) is 24.3 Å². The maximum Gasteiger partial charge on any atom is 0.260 e. The van der Waals surface area contributed by atoms with Gasteiger partial charge in [0.1, 0.15) is 11.6 Å². The van der Waals surface area contributed by atoms with E-state index in [4.69, 9.17) is 9.47 Å². The molecule has 0 atom stereocenters. The number of amides is 1. The van der Waals surface area contributed by atoms with Gasteiger partial charge in [0.15, 0.2) is 0 Å². The number of hydrogen-bond donors (Lipinski definition) is 1. The molecule has 0 unspecified atom stereocenters. The van der Waals surface area contributed by atoms with Crippen molar-refractivity contribution in [3.8, 4) is 5.75 Å². The third kappa shape index (κ3) is 3.26. The Kier molecular flexibility index (Phi) is 4.53. The van der Waals surface area contributed by atoms with Crippen molar-refractivity contribution in [1.82, 2.24) is 4.98 Å². The monoisotopic (exact) mass is 326 g/mol. The summed E-state index contributed by atoms with van der Waals surface area (Å²) >= 11 is 0. The normalized spacial score (nSPS) is 14.8. The standard InChI is InChI=1S/C19H22N2O3/c1-19(2)12-24-17-14(5-4-6-15(17)19)18(22)21-16-11-13(7-9-20-16)8-10-23-3/h4-7,9,11H,8,10,12H2,1-3H3,(H,20,21,22). The Balaban J connectivity index is 1.81. The van der Waals surface area contributed by atoms with Crippen molar-refractivity contribution in [2.45, 2.75) is 25.7 Å². The Morgan fingerprint density at radius 2 is 2.21 bits per heavy atom. The summed E-state index contributed by atoms with van der Waals surface area (Å²) < 4.78 is 10.9. The summed E-state index contributed by atoms with van der Waals surface area (Å²) in [7, 11) is 1.67. The molecule has 0 saturated heterocycles. The second kappa shape index (κ2) is 6.61. The minimum absolute atomic E-state index is 0.0794. The van der Waals surface area contributed by atoms with E-state index >= 15 is 0 Å². The molecule has 1 aromatic carbocycles. The summed E-state index contributed by atoms with van der Waals surface area (Å²) in [6, 6.07) is 9.48. The number of hydrogen-bond acceptors (Lipinski definition) is 4. The molecule has 2 heterocycles. The molecule has 0 aliphatic carbocycles. The van der Waals surface area contributed by atoms with Gasteiger partial charge in [-0.05, 0) is 30.2 Å². The second-order valence-electron chi connectivity index (χ2n) is 6.60. The van der Waals surface area contributed by atoms with Gasteiger partial charge in [-0.1, -0.05) is 26.0 Å². The van der Waals surface area contributed by atoms with Gasteiger partial charge in [0.05, 0.1) is 18.8 Å². The van der Waals surface area contributed by atoms with Crippen LogP contribution in [0.4, 0.5) is 5.82 Å². The number of anilines is 1. The predicted molar refractivity (Wildman–Crippen MR) is 92.7 cm³/mol. The Morgan fingerprint density at radius 3 is 3.00 bits per heavy atom. The lowest BCUT2D eigenvalue weighted by Gasteiger charge is -2.15. The highest BCUT2D eigenvalue weighted by Gasteiger charge is 2.34. The summed E-state index contributed by atoms with van der Waals surface area (Å²) in [5, 5.41) is 2.86. The molecule has 1 N–H and O–H groups in total. The molecule has 5 nitrogen and oxygen atoms in total. The molecule has 0 spiro atoms. The Morgan fingerprint density at radius 1 is 1.38 bits per heavy atom. The van der Waals surface area contributed by atoms with Gasteiger partial charge < -0.3 is 14.8 Å². The van der Waals surface area contributed by atoms with Crippen LogP contribution in [0.2, 0.25) is 0 Å². The van der Waals surface area contributed by atoms with Crippen LogP contribution in [0.3, 0.4) is 0 Å². The molecule has 5 heteroatoms. The number of benzene rings is 1. The molecule has 0 bridgehead atoms. The Hall–Kier alpha value is -2.40. The van der Waals surface area contributed by atoms with Gasteiger partial charge in [-0.3, -0.25) is 4.79 Å². The van der Waals surface area contributed by atoms with Crippen LogP contribution in [-0.4, -0.2) is 31.2 Å². The number of methoxy groups -OCH3 is 1. The zero-order chi connectivity index (χ0) is 17.2. The van der Waals surface area contributed by atoms with Crippen LogP contribution in [0.5, 0.6) is 5.75 Å². The third-order valence-electron chi connectivity index (χ3n) is 4.23. The molecule has 0 radical (unpaired) electrons. The second-order valence-corrected chi connectivity index (χ2v) is 6.60. The van der Waals surface area contributed by atoms with Crippen LogP contribution in [-0.2, 0) is 16.6 Å². The average molecular weight is 326 g/mol. The molecule has 24 heavy (non-hydrogen) atoms. The van der Waals surface area contributed by atoms with E-state index in [1.165, 1.54) is 0 Å². The molecule has 0 saturated carbocycles. The van der Waals surface area contributed by atoms with Crippen LogP contribution in [0.1, 0.15) is 35.3 Å². The van der Waals surface area contributed by atoms with E-state index in [1.54, 1.807) is 19.4 Å². The van der Waals surface area contributed by atoms with E-state index in [-0.39, 0.29) is 11.3 Å². The van der Waals surface area contributed by atoms with E-state index in [9.17, 15) is 4.79 Å². The van der Waals surface area contributed by atoms with Crippen molar-refractivity contribution in [2.75, 3.05) is 25.6 Å².